The van der Waals surface area contributed by atoms with Gasteiger partial charge in [0.15, 0.2) is 0 Å². The van der Waals surface area contributed by atoms with Crippen LogP contribution >= 0.6 is 11.3 Å². The molecule has 0 saturated carbocycles. The van der Waals surface area contributed by atoms with Gasteiger partial charge in [0.05, 0.1) is 11.0 Å². The maximum Gasteiger partial charge on any atom is 0.305 e. The van der Waals surface area contributed by atoms with E-state index >= 15 is 0 Å². The molecule has 0 bridgehead atoms. The second-order valence-electron chi connectivity index (χ2n) is 4.13. The van der Waals surface area contributed by atoms with Gasteiger partial charge >= 0.3 is 5.69 Å². The van der Waals surface area contributed by atoms with Crippen LogP contribution in [0.4, 0.5) is 10.1 Å². The third kappa shape index (κ3) is 3.00. The number of thiophene rings is 1. The number of nitrogens with zero attached hydrogens (tertiary/aromatic N) is 1. The molecular formula is C13H11FN2O3S. The zero-order valence-corrected chi connectivity index (χ0v) is 11.3. The van der Waals surface area contributed by atoms with E-state index in [9.17, 15) is 19.3 Å². The van der Waals surface area contributed by atoms with Gasteiger partial charge in [-0.05, 0) is 30.5 Å². The lowest BCUT2D eigenvalue weighted by molar-refractivity contribution is -0.387. The van der Waals surface area contributed by atoms with E-state index in [0.29, 0.717) is 0 Å². The van der Waals surface area contributed by atoms with Crippen LogP contribution in [-0.2, 0) is 0 Å². The second kappa shape index (κ2) is 5.79. The lowest BCUT2D eigenvalue weighted by atomic mass is 10.1. The van der Waals surface area contributed by atoms with E-state index in [-0.39, 0.29) is 11.6 Å². The van der Waals surface area contributed by atoms with Gasteiger partial charge in [-0.25, -0.2) is 0 Å². The standard InChI is InChI=1S/C13H11FN2O3S/c1-8(12-3-2-6-20-12)15-13(17)9-4-5-10(14)11(7-9)16(18)19/h2-8H,1H3,(H,15,17). The van der Waals surface area contributed by atoms with Crippen LogP contribution in [0.5, 0.6) is 0 Å². The molecule has 2 aromatic rings. The number of carbonyl (C=O) groups is 1. The molecule has 0 spiro atoms. The van der Waals surface area contributed by atoms with Crippen molar-refractivity contribution in [3.8, 4) is 0 Å². The van der Waals surface area contributed by atoms with Crippen LogP contribution in [0.1, 0.15) is 28.2 Å². The Kier molecular flexibility index (Phi) is 4.09. The minimum Gasteiger partial charge on any atom is -0.345 e. The number of rotatable bonds is 4. The number of benzene rings is 1. The molecule has 1 heterocycles. The minimum atomic E-state index is -0.960. The van der Waals surface area contributed by atoms with Gasteiger partial charge in [-0.2, -0.15) is 4.39 Å². The van der Waals surface area contributed by atoms with Gasteiger partial charge in [0.2, 0.25) is 5.82 Å². The zero-order valence-electron chi connectivity index (χ0n) is 10.5. The number of nitro benzene ring substituents is 1. The number of amides is 1. The van der Waals surface area contributed by atoms with Crippen LogP contribution in [0.3, 0.4) is 0 Å². The normalized spacial score (nSPS) is 11.9. The Bertz CT molecular complexity index is 643. The lowest BCUT2D eigenvalue weighted by Gasteiger charge is -2.12. The molecule has 0 aliphatic rings. The zero-order chi connectivity index (χ0) is 14.7. The highest BCUT2D eigenvalue weighted by Gasteiger charge is 2.18. The van der Waals surface area contributed by atoms with Crippen LogP contribution < -0.4 is 5.32 Å². The molecule has 1 aromatic heterocycles. The van der Waals surface area contributed by atoms with Crippen molar-refractivity contribution in [1.29, 1.82) is 0 Å². The summed E-state index contributed by atoms with van der Waals surface area (Å²) in [5.74, 6) is -1.44. The maximum atomic E-state index is 13.2. The predicted octanol–water partition coefficient (Wildman–Crippen LogP) is 3.29. The molecule has 0 saturated heterocycles. The van der Waals surface area contributed by atoms with Crippen molar-refractivity contribution >= 4 is 22.9 Å². The fourth-order valence-corrected chi connectivity index (χ4v) is 2.42. The van der Waals surface area contributed by atoms with Crippen molar-refractivity contribution < 1.29 is 14.1 Å². The predicted molar refractivity (Wildman–Crippen MR) is 73.3 cm³/mol. The molecule has 1 atom stereocenters. The van der Waals surface area contributed by atoms with Gasteiger partial charge < -0.3 is 5.32 Å². The Labute approximate surface area is 118 Å². The van der Waals surface area contributed by atoms with Gasteiger partial charge in [-0.1, -0.05) is 6.07 Å². The summed E-state index contributed by atoms with van der Waals surface area (Å²) in [5, 5.41) is 15.2. The number of hydrogen-bond acceptors (Lipinski definition) is 4. The number of nitro groups is 1. The van der Waals surface area contributed by atoms with Crippen molar-refractivity contribution in [3.05, 3.63) is 62.1 Å². The molecule has 5 nitrogen and oxygen atoms in total. The lowest BCUT2D eigenvalue weighted by Crippen LogP contribution is -2.26. The summed E-state index contributed by atoms with van der Waals surface area (Å²) in [6.45, 7) is 1.81. The van der Waals surface area contributed by atoms with E-state index in [2.05, 4.69) is 5.32 Å². The van der Waals surface area contributed by atoms with Crippen molar-refractivity contribution in [1.82, 2.24) is 5.32 Å². The first-order valence-corrected chi connectivity index (χ1v) is 6.65. The van der Waals surface area contributed by atoms with Crippen molar-refractivity contribution in [2.75, 3.05) is 0 Å². The first-order chi connectivity index (χ1) is 9.49. The molecule has 0 radical (unpaired) electrons. The first-order valence-electron chi connectivity index (χ1n) is 5.77. The number of carbonyl (C=O) groups excluding carboxylic acids is 1. The van der Waals surface area contributed by atoms with E-state index in [1.807, 2.05) is 24.4 Å². The summed E-state index contributed by atoms with van der Waals surface area (Å²) in [7, 11) is 0. The number of hydrogen-bond donors (Lipinski definition) is 1. The van der Waals surface area contributed by atoms with E-state index in [1.165, 1.54) is 17.4 Å². The molecule has 1 aromatic carbocycles. The third-order valence-electron chi connectivity index (χ3n) is 2.72. The van der Waals surface area contributed by atoms with Crippen LogP contribution in [0, 0.1) is 15.9 Å². The van der Waals surface area contributed by atoms with Crippen LogP contribution in [0.15, 0.2) is 35.7 Å². The molecule has 1 N–H and O–H groups in total. The molecule has 2 rings (SSSR count). The van der Waals surface area contributed by atoms with Gasteiger partial charge in [0.25, 0.3) is 5.91 Å². The smallest absolute Gasteiger partial charge is 0.305 e. The van der Waals surface area contributed by atoms with E-state index < -0.39 is 22.3 Å². The molecule has 1 amide bonds. The Hall–Kier alpha value is -2.28. The Balaban J connectivity index is 2.17. The SMILES string of the molecule is CC(NC(=O)c1ccc(F)c([N+](=O)[O-])c1)c1cccs1. The van der Waals surface area contributed by atoms with Crippen LogP contribution in [0.2, 0.25) is 0 Å². The van der Waals surface area contributed by atoms with Gasteiger partial charge in [0.1, 0.15) is 0 Å². The fourth-order valence-electron chi connectivity index (χ4n) is 1.68. The fraction of sp³-hybridized carbons (Fsp3) is 0.154. The molecule has 0 aliphatic heterocycles. The van der Waals surface area contributed by atoms with Crippen LogP contribution in [0.25, 0.3) is 0 Å². The van der Waals surface area contributed by atoms with E-state index in [0.717, 1.165) is 17.0 Å². The van der Waals surface area contributed by atoms with Gasteiger partial charge in [-0.15, -0.1) is 11.3 Å². The summed E-state index contributed by atoms with van der Waals surface area (Å²) in [5.41, 5.74) is -0.650. The van der Waals surface area contributed by atoms with Crippen LogP contribution in [-0.4, -0.2) is 10.8 Å². The van der Waals surface area contributed by atoms with Crippen molar-refractivity contribution in [3.63, 3.8) is 0 Å². The van der Waals surface area contributed by atoms with E-state index in [4.69, 9.17) is 0 Å². The molecule has 0 fully saturated rings. The largest absolute Gasteiger partial charge is 0.345 e. The average Bonchev–Trinajstić information content (AvgIpc) is 2.92. The molecule has 7 heteroatoms. The minimum absolute atomic E-state index is 0.0570. The highest BCUT2D eigenvalue weighted by atomic mass is 32.1. The molecule has 1 unspecified atom stereocenters. The van der Waals surface area contributed by atoms with Crippen molar-refractivity contribution in [2.45, 2.75) is 13.0 Å². The summed E-state index contributed by atoms with van der Waals surface area (Å²) in [6.07, 6.45) is 0. The molecule has 0 aliphatic carbocycles. The monoisotopic (exact) mass is 294 g/mol. The summed E-state index contributed by atoms with van der Waals surface area (Å²) >= 11 is 1.50. The summed E-state index contributed by atoms with van der Waals surface area (Å²) < 4.78 is 13.2. The number of halogens is 1. The van der Waals surface area contributed by atoms with E-state index in [1.54, 1.807) is 0 Å². The number of nitrogens with one attached hydrogen (secondary N) is 1. The first kappa shape index (κ1) is 14.1. The highest BCUT2D eigenvalue weighted by Crippen LogP contribution is 2.21. The summed E-state index contributed by atoms with van der Waals surface area (Å²) in [6, 6.07) is 6.60. The topological polar surface area (TPSA) is 72.2 Å². The van der Waals surface area contributed by atoms with Gasteiger partial charge in [0, 0.05) is 16.5 Å². The maximum absolute atomic E-state index is 13.2. The summed E-state index contributed by atoms with van der Waals surface area (Å²) in [4.78, 5) is 22.7. The Morgan fingerprint density at radius 3 is 2.80 bits per heavy atom. The molecular weight excluding hydrogens is 283 g/mol. The van der Waals surface area contributed by atoms with Gasteiger partial charge in [-0.3, -0.25) is 14.9 Å². The molecule has 20 heavy (non-hydrogen) atoms. The highest BCUT2D eigenvalue weighted by molar-refractivity contribution is 7.10. The average molecular weight is 294 g/mol. The second-order valence-corrected chi connectivity index (χ2v) is 5.11. The van der Waals surface area contributed by atoms with Crippen molar-refractivity contribution in [2.24, 2.45) is 0 Å². The quantitative estimate of drug-likeness (QED) is 0.694. The Morgan fingerprint density at radius 1 is 1.45 bits per heavy atom. The molecule has 104 valence electrons. The Morgan fingerprint density at radius 2 is 2.20 bits per heavy atom. The third-order valence-corrected chi connectivity index (χ3v) is 3.78.